The first-order valence-electron chi connectivity index (χ1n) is 8.22. The number of rotatable bonds is 6. The van der Waals surface area contributed by atoms with E-state index >= 15 is 0 Å². The molecule has 0 fully saturated rings. The van der Waals surface area contributed by atoms with Gasteiger partial charge in [-0.3, -0.25) is 4.79 Å². The van der Waals surface area contributed by atoms with Crippen molar-refractivity contribution in [2.75, 3.05) is 12.4 Å². The first-order valence-corrected chi connectivity index (χ1v) is 10.0. The predicted octanol–water partition coefficient (Wildman–Crippen LogP) is 5.10. The molecule has 0 aliphatic carbocycles. The summed E-state index contributed by atoms with van der Waals surface area (Å²) in [6, 6.07) is 15.4. The number of aromatic nitrogens is 2. The lowest BCUT2D eigenvalue weighted by Crippen LogP contribution is -2.15. The van der Waals surface area contributed by atoms with E-state index in [1.54, 1.807) is 25.4 Å². The molecule has 1 N–H and O–H groups in total. The van der Waals surface area contributed by atoms with E-state index in [0.29, 0.717) is 21.1 Å². The van der Waals surface area contributed by atoms with Crippen LogP contribution in [-0.4, -0.2) is 23.0 Å². The molecule has 5 nitrogen and oxygen atoms in total. The highest BCUT2D eigenvalue weighted by atomic mass is 79.9. The zero-order valence-corrected chi connectivity index (χ0v) is 17.3. The minimum absolute atomic E-state index is 0.281. The second kappa shape index (κ2) is 9.01. The summed E-state index contributed by atoms with van der Waals surface area (Å²) in [5, 5.41) is 3.38. The Hall–Kier alpha value is -2.38. The summed E-state index contributed by atoms with van der Waals surface area (Å²) in [6.45, 7) is 2.07. The third kappa shape index (κ3) is 4.87. The average molecular weight is 444 g/mol. The molecule has 138 valence electrons. The standard InChI is InChI=1S/C20H18BrN3O2S/c1-13-7-3-4-8-14(13)12-27-20-22-11-15(21)18(24-20)19(25)23-16-9-5-6-10-17(16)26-2/h3-11H,12H2,1-2H3,(H,23,25). The molecule has 1 heterocycles. The van der Waals surface area contributed by atoms with Crippen LogP contribution in [0.3, 0.4) is 0 Å². The number of hydrogen-bond donors (Lipinski definition) is 1. The van der Waals surface area contributed by atoms with Gasteiger partial charge < -0.3 is 10.1 Å². The normalized spacial score (nSPS) is 10.5. The number of para-hydroxylation sites is 2. The minimum atomic E-state index is -0.327. The van der Waals surface area contributed by atoms with Crippen molar-refractivity contribution in [2.24, 2.45) is 0 Å². The molecule has 3 aromatic rings. The van der Waals surface area contributed by atoms with Crippen molar-refractivity contribution < 1.29 is 9.53 Å². The number of carbonyl (C=O) groups excluding carboxylic acids is 1. The first-order chi connectivity index (χ1) is 13.1. The molecular weight excluding hydrogens is 426 g/mol. The van der Waals surface area contributed by atoms with Crippen LogP contribution in [0, 0.1) is 6.92 Å². The van der Waals surface area contributed by atoms with Crippen molar-refractivity contribution >= 4 is 39.3 Å². The summed E-state index contributed by atoms with van der Waals surface area (Å²) in [4.78, 5) is 21.4. The Morgan fingerprint density at radius 2 is 1.93 bits per heavy atom. The molecule has 0 aliphatic heterocycles. The number of methoxy groups -OCH3 is 1. The van der Waals surface area contributed by atoms with Gasteiger partial charge in [-0.25, -0.2) is 9.97 Å². The van der Waals surface area contributed by atoms with Gasteiger partial charge in [-0.15, -0.1) is 0 Å². The van der Waals surface area contributed by atoms with Crippen LogP contribution in [0.15, 0.2) is 64.4 Å². The van der Waals surface area contributed by atoms with Crippen molar-refractivity contribution in [1.82, 2.24) is 9.97 Å². The van der Waals surface area contributed by atoms with Crippen LogP contribution in [0.1, 0.15) is 21.6 Å². The van der Waals surface area contributed by atoms with Crippen LogP contribution in [0.4, 0.5) is 5.69 Å². The number of hydrogen-bond acceptors (Lipinski definition) is 5. The fourth-order valence-electron chi connectivity index (χ4n) is 2.42. The van der Waals surface area contributed by atoms with Crippen LogP contribution < -0.4 is 10.1 Å². The average Bonchev–Trinajstić information content (AvgIpc) is 2.68. The first kappa shape index (κ1) is 19.4. The molecule has 0 saturated heterocycles. The topological polar surface area (TPSA) is 64.1 Å². The monoisotopic (exact) mass is 443 g/mol. The maximum absolute atomic E-state index is 12.7. The largest absolute Gasteiger partial charge is 0.495 e. The lowest BCUT2D eigenvalue weighted by atomic mass is 10.1. The molecule has 0 saturated carbocycles. The van der Waals surface area contributed by atoms with Crippen molar-refractivity contribution in [3.8, 4) is 5.75 Å². The number of benzene rings is 2. The SMILES string of the molecule is COc1ccccc1NC(=O)c1nc(SCc2ccccc2C)ncc1Br. The molecule has 0 spiro atoms. The summed E-state index contributed by atoms with van der Waals surface area (Å²) in [7, 11) is 1.56. The Balaban J connectivity index is 1.76. The Morgan fingerprint density at radius 1 is 1.19 bits per heavy atom. The van der Waals surface area contributed by atoms with Crippen molar-refractivity contribution in [2.45, 2.75) is 17.8 Å². The molecule has 3 rings (SSSR count). The highest BCUT2D eigenvalue weighted by Gasteiger charge is 2.16. The van der Waals surface area contributed by atoms with Gasteiger partial charge in [-0.2, -0.15) is 0 Å². The Labute approximate surface area is 170 Å². The minimum Gasteiger partial charge on any atom is -0.495 e. The van der Waals surface area contributed by atoms with Gasteiger partial charge in [0.25, 0.3) is 5.91 Å². The molecule has 1 amide bonds. The highest BCUT2D eigenvalue weighted by Crippen LogP contribution is 2.26. The number of anilines is 1. The molecule has 0 bridgehead atoms. The fraction of sp³-hybridized carbons (Fsp3) is 0.150. The van der Waals surface area contributed by atoms with E-state index in [2.05, 4.69) is 50.3 Å². The van der Waals surface area contributed by atoms with Crippen molar-refractivity contribution in [3.63, 3.8) is 0 Å². The number of ether oxygens (including phenoxy) is 1. The van der Waals surface area contributed by atoms with E-state index in [4.69, 9.17) is 4.74 Å². The Bertz CT molecular complexity index is 965. The number of aryl methyl sites for hydroxylation is 1. The van der Waals surface area contributed by atoms with Crippen LogP contribution in [0.25, 0.3) is 0 Å². The Morgan fingerprint density at radius 3 is 2.70 bits per heavy atom. The van der Waals surface area contributed by atoms with Crippen LogP contribution >= 0.6 is 27.7 Å². The summed E-state index contributed by atoms with van der Waals surface area (Å²) in [6.07, 6.45) is 1.60. The Kier molecular flexibility index (Phi) is 6.47. The third-order valence-corrected chi connectivity index (χ3v) is 5.40. The molecule has 0 atom stereocenters. The molecule has 2 aromatic carbocycles. The van der Waals surface area contributed by atoms with Crippen LogP contribution in [-0.2, 0) is 5.75 Å². The van der Waals surface area contributed by atoms with Crippen molar-refractivity contribution in [3.05, 3.63) is 76.0 Å². The third-order valence-electron chi connectivity index (χ3n) is 3.91. The number of amides is 1. The van der Waals surface area contributed by atoms with Gasteiger partial charge in [-0.1, -0.05) is 48.2 Å². The van der Waals surface area contributed by atoms with Crippen LogP contribution in [0.2, 0.25) is 0 Å². The van der Waals surface area contributed by atoms with Crippen LogP contribution in [0.5, 0.6) is 5.75 Å². The lowest BCUT2D eigenvalue weighted by Gasteiger charge is -2.11. The number of thioether (sulfide) groups is 1. The van der Waals surface area contributed by atoms with Gasteiger partial charge in [-0.05, 0) is 46.1 Å². The molecule has 1 aromatic heterocycles. The number of nitrogens with zero attached hydrogens (tertiary/aromatic N) is 2. The van der Waals surface area contributed by atoms with Gasteiger partial charge in [0, 0.05) is 11.9 Å². The molecule has 0 radical (unpaired) electrons. The summed E-state index contributed by atoms with van der Waals surface area (Å²) >= 11 is 4.86. The van der Waals surface area contributed by atoms with Crippen molar-refractivity contribution in [1.29, 1.82) is 0 Å². The predicted molar refractivity (Wildman–Crippen MR) is 111 cm³/mol. The lowest BCUT2D eigenvalue weighted by molar-refractivity contribution is 0.102. The van der Waals surface area contributed by atoms with E-state index < -0.39 is 0 Å². The molecule has 7 heteroatoms. The van der Waals surface area contributed by atoms with E-state index in [1.165, 1.54) is 22.9 Å². The van der Waals surface area contributed by atoms with Gasteiger partial charge in [0.2, 0.25) is 0 Å². The van der Waals surface area contributed by atoms with Gasteiger partial charge >= 0.3 is 0 Å². The second-order valence-electron chi connectivity index (χ2n) is 5.72. The molecule has 27 heavy (non-hydrogen) atoms. The number of nitrogens with one attached hydrogen (secondary N) is 1. The zero-order valence-electron chi connectivity index (χ0n) is 14.9. The summed E-state index contributed by atoms with van der Waals surface area (Å²) in [5.74, 6) is 0.999. The van der Waals surface area contributed by atoms with E-state index in [9.17, 15) is 4.79 Å². The second-order valence-corrected chi connectivity index (χ2v) is 7.52. The zero-order chi connectivity index (χ0) is 19.2. The maximum atomic E-state index is 12.7. The van der Waals surface area contributed by atoms with Gasteiger partial charge in [0.05, 0.1) is 17.3 Å². The number of carbonyl (C=O) groups is 1. The van der Waals surface area contributed by atoms with E-state index in [0.717, 1.165) is 5.75 Å². The molecule has 0 unspecified atom stereocenters. The smallest absolute Gasteiger partial charge is 0.275 e. The summed E-state index contributed by atoms with van der Waals surface area (Å²) < 4.78 is 5.81. The highest BCUT2D eigenvalue weighted by molar-refractivity contribution is 9.10. The molecule has 0 aliphatic rings. The number of halogens is 1. The van der Waals surface area contributed by atoms with E-state index in [-0.39, 0.29) is 11.6 Å². The van der Waals surface area contributed by atoms with Gasteiger partial charge in [0.15, 0.2) is 5.16 Å². The van der Waals surface area contributed by atoms with Gasteiger partial charge in [0.1, 0.15) is 11.4 Å². The van der Waals surface area contributed by atoms with E-state index in [1.807, 2.05) is 24.3 Å². The maximum Gasteiger partial charge on any atom is 0.275 e. The molecular formula is C20H18BrN3O2S. The summed E-state index contributed by atoms with van der Waals surface area (Å²) in [5.41, 5.74) is 3.30. The quantitative estimate of drug-likeness (QED) is 0.423. The fourth-order valence-corrected chi connectivity index (χ4v) is 3.69.